The fraction of sp³-hybridized carbons (Fsp3) is 0. The molecule has 0 saturated carbocycles. The van der Waals surface area contributed by atoms with Crippen LogP contribution in [0.5, 0.6) is 0 Å². The van der Waals surface area contributed by atoms with Crippen molar-refractivity contribution < 1.29 is 17.8 Å². The Hall–Kier alpha value is -4.02. The van der Waals surface area contributed by atoms with Crippen LogP contribution in [-0.2, 0) is 8.87 Å². The number of fused-ring (bicyclic) bond motifs is 1. The molecule has 0 N–H and O–H groups in total. The lowest BCUT2D eigenvalue weighted by molar-refractivity contribution is -0.384. The molecular weight excluding hydrogens is 474 g/mol. The second kappa shape index (κ2) is 8.73. The van der Waals surface area contributed by atoms with Gasteiger partial charge < -0.3 is 4.42 Å². The Kier molecular flexibility index (Phi) is 5.60. The van der Waals surface area contributed by atoms with E-state index in [4.69, 9.17) is 4.42 Å². The van der Waals surface area contributed by atoms with Crippen molar-refractivity contribution in [3.05, 3.63) is 101 Å². The number of non-ortho nitro benzene ring substituents is 1. The van der Waals surface area contributed by atoms with E-state index in [0.717, 1.165) is 5.39 Å². The van der Waals surface area contributed by atoms with Crippen molar-refractivity contribution in [1.29, 1.82) is 0 Å². The van der Waals surface area contributed by atoms with Gasteiger partial charge >= 0.3 is 0 Å². The molecule has 0 aliphatic heterocycles. The van der Waals surface area contributed by atoms with E-state index >= 15 is 0 Å². The molecule has 0 aliphatic carbocycles. The van der Waals surface area contributed by atoms with Crippen molar-refractivity contribution in [3.63, 3.8) is 0 Å². The van der Waals surface area contributed by atoms with Crippen molar-refractivity contribution in [1.82, 2.24) is 9.97 Å². The minimum atomic E-state index is -3.78. The monoisotopic (exact) mass is 489 g/mol. The van der Waals surface area contributed by atoms with Gasteiger partial charge in [0.15, 0.2) is 5.76 Å². The summed E-state index contributed by atoms with van der Waals surface area (Å²) >= 11 is 0. The molecule has 3 aromatic carbocycles. The van der Waals surface area contributed by atoms with Crippen LogP contribution >= 0.6 is 10.8 Å². The van der Waals surface area contributed by atoms with Crippen molar-refractivity contribution in [2.24, 2.45) is 0 Å². The number of benzene rings is 3. The summed E-state index contributed by atoms with van der Waals surface area (Å²) in [6.45, 7) is 0. The van der Waals surface area contributed by atoms with Crippen molar-refractivity contribution in [3.8, 4) is 22.7 Å². The van der Waals surface area contributed by atoms with Gasteiger partial charge in [-0.05, 0) is 42.5 Å². The molecule has 5 rings (SSSR count). The Labute approximate surface area is 197 Å². The normalized spacial score (nSPS) is 11.5. The van der Waals surface area contributed by atoms with Crippen LogP contribution in [0.15, 0.2) is 105 Å². The fourth-order valence-corrected chi connectivity index (χ4v) is 5.82. The highest BCUT2D eigenvalue weighted by Crippen LogP contribution is 2.34. The number of rotatable bonds is 6. The fourth-order valence-electron chi connectivity index (χ4n) is 3.33. The highest BCUT2D eigenvalue weighted by Gasteiger charge is 2.21. The van der Waals surface area contributed by atoms with Gasteiger partial charge in [-0.25, -0.2) is 18.4 Å². The molecule has 2 aromatic heterocycles. The third kappa shape index (κ3) is 4.41. The van der Waals surface area contributed by atoms with Gasteiger partial charge in [0.05, 0.1) is 26.3 Å². The number of aromatic nitrogens is 2. The molecule has 0 fully saturated rings. The molecule has 0 bridgehead atoms. The molecule has 0 amide bonds. The van der Waals surface area contributed by atoms with Crippen LogP contribution < -0.4 is 0 Å². The number of furan rings is 1. The summed E-state index contributed by atoms with van der Waals surface area (Å²) in [5, 5.41) is 11.9. The first-order valence-corrected chi connectivity index (χ1v) is 12.8. The molecule has 0 aliphatic rings. The summed E-state index contributed by atoms with van der Waals surface area (Å²) < 4.78 is 31.8. The molecule has 0 unspecified atom stereocenters. The molecule has 0 saturated heterocycles. The summed E-state index contributed by atoms with van der Waals surface area (Å²) in [6.07, 6.45) is 0. The molecule has 34 heavy (non-hydrogen) atoms. The molecule has 0 atom stereocenters. The molecule has 10 heteroatoms. The predicted molar refractivity (Wildman–Crippen MR) is 129 cm³/mol. The first-order valence-electron chi connectivity index (χ1n) is 10.0. The Morgan fingerprint density at radius 2 is 1.50 bits per heavy atom. The van der Waals surface area contributed by atoms with E-state index in [1.165, 1.54) is 24.3 Å². The van der Waals surface area contributed by atoms with E-state index in [1.54, 1.807) is 36.4 Å². The minimum absolute atomic E-state index is 0.00941. The molecule has 168 valence electrons. The maximum atomic E-state index is 12.9. The summed E-state index contributed by atoms with van der Waals surface area (Å²) in [5.74, 6) is 0.450. The van der Waals surface area contributed by atoms with Gasteiger partial charge in [-0.2, -0.15) is 0 Å². The van der Waals surface area contributed by atoms with E-state index in [-0.39, 0.29) is 15.7 Å². The van der Waals surface area contributed by atoms with Crippen LogP contribution in [0.1, 0.15) is 0 Å². The zero-order valence-corrected chi connectivity index (χ0v) is 19.0. The van der Waals surface area contributed by atoms with Crippen LogP contribution in [0.25, 0.3) is 33.7 Å². The van der Waals surface area contributed by atoms with Crippen molar-refractivity contribution in [2.45, 2.75) is 10.1 Å². The summed E-state index contributed by atoms with van der Waals surface area (Å²) in [5.41, 5.74) is 1.98. The largest absolute Gasteiger partial charge is 0.454 e. The first-order chi connectivity index (χ1) is 16.4. The first kappa shape index (κ1) is 21.8. The van der Waals surface area contributed by atoms with E-state index in [1.807, 2.05) is 30.3 Å². The number of nitrogens with zero attached hydrogens (tertiary/aromatic N) is 3. The lowest BCUT2D eigenvalue weighted by Gasteiger charge is -2.08. The zero-order valence-electron chi connectivity index (χ0n) is 17.4. The summed E-state index contributed by atoms with van der Waals surface area (Å²) in [6, 6.07) is 24.8. The second-order valence-corrected chi connectivity index (χ2v) is 11.0. The van der Waals surface area contributed by atoms with Gasteiger partial charge in [0.1, 0.15) is 11.3 Å². The number of hydrogen-bond donors (Lipinski definition) is 0. The van der Waals surface area contributed by atoms with Crippen LogP contribution in [0.4, 0.5) is 5.69 Å². The SMILES string of the molecule is O=[N+]([O-])c1ccc(-c2cc(-c3cc4ccccc4o3)nc(SS(=O)(=O)c3ccccc3)n2)cc1. The number of hydrogen-bond acceptors (Lipinski definition) is 8. The van der Waals surface area contributed by atoms with E-state index in [9.17, 15) is 18.5 Å². The molecule has 0 radical (unpaired) electrons. The average Bonchev–Trinajstić information content (AvgIpc) is 3.29. The van der Waals surface area contributed by atoms with Gasteiger partial charge in [0.25, 0.3) is 5.69 Å². The number of nitro benzene ring substituents is 1. The summed E-state index contributed by atoms with van der Waals surface area (Å²) in [4.78, 5) is 19.5. The molecular formula is C24H15N3O5S2. The van der Waals surface area contributed by atoms with E-state index in [0.29, 0.717) is 39.1 Å². The summed E-state index contributed by atoms with van der Waals surface area (Å²) in [7, 11) is -3.25. The Balaban J connectivity index is 1.62. The van der Waals surface area contributed by atoms with Gasteiger partial charge in [-0.1, -0.05) is 36.4 Å². The highest BCUT2D eigenvalue weighted by atomic mass is 33.1. The van der Waals surface area contributed by atoms with Crippen LogP contribution in [-0.4, -0.2) is 23.3 Å². The van der Waals surface area contributed by atoms with Crippen LogP contribution in [0.2, 0.25) is 0 Å². The number of para-hydroxylation sites is 1. The van der Waals surface area contributed by atoms with Gasteiger partial charge in [0.2, 0.25) is 14.0 Å². The lowest BCUT2D eigenvalue weighted by Crippen LogP contribution is -2.00. The molecule has 2 heterocycles. The van der Waals surface area contributed by atoms with E-state index < -0.39 is 13.8 Å². The molecule has 8 nitrogen and oxygen atoms in total. The van der Waals surface area contributed by atoms with Gasteiger partial charge in [0, 0.05) is 23.1 Å². The molecule has 0 spiro atoms. The maximum Gasteiger partial charge on any atom is 0.269 e. The van der Waals surface area contributed by atoms with Crippen molar-refractivity contribution >= 4 is 36.3 Å². The minimum Gasteiger partial charge on any atom is -0.454 e. The Morgan fingerprint density at radius 1 is 0.824 bits per heavy atom. The topological polar surface area (TPSA) is 116 Å². The second-order valence-electron chi connectivity index (χ2n) is 7.22. The van der Waals surface area contributed by atoms with E-state index in [2.05, 4.69) is 9.97 Å². The zero-order chi connectivity index (χ0) is 23.7. The standard InChI is InChI=1S/C24H15N3O5S2/c28-27(29)18-12-10-16(11-13-18)20-15-21(23-14-17-6-4-5-9-22(17)32-23)26-24(25-20)33-34(30,31)19-7-2-1-3-8-19/h1-15H. The third-order valence-corrected chi connectivity index (χ3v) is 8.06. The average molecular weight is 490 g/mol. The highest BCUT2D eigenvalue weighted by molar-refractivity contribution is 8.72. The smallest absolute Gasteiger partial charge is 0.269 e. The maximum absolute atomic E-state index is 12.9. The number of nitro groups is 1. The molecule has 5 aromatic rings. The lowest BCUT2D eigenvalue weighted by atomic mass is 10.1. The Bertz CT molecular complexity index is 1580. The predicted octanol–water partition coefficient (Wildman–Crippen LogP) is 5.95. The van der Waals surface area contributed by atoms with Gasteiger partial charge in [-0.15, -0.1) is 0 Å². The quantitative estimate of drug-likeness (QED) is 0.124. The van der Waals surface area contributed by atoms with Crippen LogP contribution in [0, 0.1) is 10.1 Å². The van der Waals surface area contributed by atoms with Gasteiger partial charge in [-0.3, -0.25) is 10.1 Å². The Morgan fingerprint density at radius 3 is 2.21 bits per heavy atom. The van der Waals surface area contributed by atoms with Crippen molar-refractivity contribution in [2.75, 3.05) is 0 Å². The third-order valence-electron chi connectivity index (χ3n) is 4.97. The van der Waals surface area contributed by atoms with Crippen LogP contribution in [0.3, 0.4) is 0 Å².